The summed E-state index contributed by atoms with van der Waals surface area (Å²) in [5.41, 5.74) is 1.25. The number of pyridine rings is 1. The predicted octanol–water partition coefficient (Wildman–Crippen LogP) is 3.68. The molecule has 0 unspecified atom stereocenters. The number of rotatable bonds is 7. The smallest absolute Gasteiger partial charge is 0.133 e. The molecule has 0 aliphatic rings. The number of aromatic nitrogens is 1. The van der Waals surface area contributed by atoms with Gasteiger partial charge in [-0.05, 0) is 40.9 Å². The zero-order valence-corrected chi connectivity index (χ0v) is 14.3. The minimum atomic E-state index is 0.631. The summed E-state index contributed by atoms with van der Waals surface area (Å²) in [6.45, 7) is 11.9. The van der Waals surface area contributed by atoms with Gasteiger partial charge < -0.3 is 10.2 Å². The number of hydrogen-bond donors (Lipinski definition) is 1. The van der Waals surface area contributed by atoms with E-state index in [4.69, 9.17) is 0 Å². The Labute approximate surface area is 125 Å². The average molecular weight is 328 g/mol. The monoisotopic (exact) mass is 327 g/mol. The van der Waals surface area contributed by atoms with Crippen molar-refractivity contribution in [2.45, 2.75) is 34.2 Å². The third-order valence-corrected chi connectivity index (χ3v) is 3.18. The third-order valence-electron chi connectivity index (χ3n) is 2.75. The van der Waals surface area contributed by atoms with Gasteiger partial charge in [-0.15, -0.1) is 0 Å². The molecule has 1 aromatic heterocycles. The van der Waals surface area contributed by atoms with Crippen LogP contribution in [0.3, 0.4) is 0 Å². The molecule has 0 saturated carbocycles. The van der Waals surface area contributed by atoms with Gasteiger partial charge in [-0.1, -0.05) is 27.7 Å². The van der Waals surface area contributed by atoms with Crippen LogP contribution in [-0.4, -0.2) is 25.1 Å². The molecule has 0 radical (unpaired) electrons. The lowest BCUT2D eigenvalue weighted by Crippen LogP contribution is -2.33. The van der Waals surface area contributed by atoms with Crippen LogP contribution in [0.15, 0.2) is 16.7 Å². The van der Waals surface area contributed by atoms with E-state index in [1.165, 1.54) is 5.56 Å². The highest BCUT2D eigenvalue weighted by molar-refractivity contribution is 9.10. The van der Waals surface area contributed by atoms with Crippen LogP contribution < -0.4 is 10.2 Å². The molecular weight excluding hydrogens is 302 g/mol. The first-order valence-corrected chi connectivity index (χ1v) is 7.77. The maximum Gasteiger partial charge on any atom is 0.133 e. The van der Waals surface area contributed by atoms with E-state index < -0.39 is 0 Å². The summed E-state index contributed by atoms with van der Waals surface area (Å²) in [5, 5.41) is 3.23. The molecule has 0 spiro atoms. The quantitative estimate of drug-likeness (QED) is 0.827. The van der Waals surface area contributed by atoms with Crippen molar-refractivity contribution in [1.82, 2.24) is 10.3 Å². The van der Waals surface area contributed by atoms with Crippen LogP contribution in [-0.2, 0) is 6.54 Å². The molecule has 1 heterocycles. The standard InChI is InChI=1S/C15H26BrN3/c1-11(2)9-19(10-12(3)4)15-13(7-17-5)6-14(16)8-18-15/h6,8,11-12,17H,7,9-10H2,1-5H3. The van der Waals surface area contributed by atoms with Crippen LogP contribution in [0.2, 0.25) is 0 Å². The lowest BCUT2D eigenvalue weighted by molar-refractivity contribution is 0.546. The van der Waals surface area contributed by atoms with E-state index in [0.29, 0.717) is 11.8 Å². The summed E-state index contributed by atoms with van der Waals surface area (Å²) in [5.74, 6) is 2.37. The van der Waals surface area contributed by atoms with Gasteiger partial charge in [-0.2, -0.15) is 0 Å². The maximum absolute atomic E-state index is 4.64. The van der Waals surface area contributed by atoms with E-state index in [2.05, 4.69) is 64.9 Å². The number of hydrogen-bond acceptors (Lipinski definition) is 3. The lowest BCUT2D eigenvalue weighted by atomic mass is 10.1. The Kier molecular flexibility index (Phi) is 6.80. The van der Waals surface area contributed by atoms with Crippen LogP contribution in [0, 0.1) is 11.8 Å². The topological polar surface area (TPSA) is 28.2 Å². The minimum absolute atomic E-state index is 0.631. The van der Waals surface area contributed by atoms with E-state index in [0.717, 1.165) is 29.9 Å². The number of nitrogens with one attached hydrogen (secondary N) is 1. The van der Waals surface area contributed by atoms with Gasteiger partial charge in [0.05, 0.1) is 0 Å². The van der Waals surface area contributed by atoms with Crippen LogP contribution in [0.25, 0.3) is 0 Å². The zero-order valence-electron chi connectivity index (χ0n) is 12.7. The van der Waals surface area contributed by atoms with Crippen molar-refractivity contribution in [2.24, 2.45) is 11.8 Å². The van der Waals surface area contributed by atoms with Crippen LogP contribution in [0.5, 0.6) is 0 Å². The van der Waals surface area contributed by atoms with Gasteiger partial charge in [0.2, 0.25) is 0 Å². The van der Waals surface area contributed by atoms with E-state index in [9.17, 15) is 0 Å². The summed E-state index contributed by atoms with van der Waals surface area (Å²) in [6, 6.07) is 2.16. The molecule has 0 atom stereocenters. The first kappa shape index (κ1) is 16.4. The molecule has 0 bridgehead atoms. The van der Waals surface area contributed by atoms with E-state index in [-0.39, 0.29) is 0 Å². The second-order valence-electron chi connectivity index (χ2n) is 5.86. The van der Waals surface area contributed by atoms with Crippen molar-refractivity contribution >= 4 is 21.7 Å². The van der Waals surface area contributed by atoms with Crippen molar-refractivity contribution in [1.29, 1.82) is 0 Å². The fourth-order valence-corrected chi connectivity index (χ4v) is 2.59. The van der Waals surface area contributed by atoms with Crippen LogP contribution in [0.1, 0.15) is 33.3 Å². The Morgan fingerprint density at radius 3 is 2.26 bits per heavy atom. The zero-order chi connectivity index (χ0) is 14.4. The molecule has 108 valence electrons. The molecule has 4 heteroatoms. The van der Waals surface area contributed by atoms with E-state index >= 15 is 0 Å². The first-order chi connectivity index (χ1) is 8.93. The fourth-order valence-electron chi connectivity index (χ4n) is 2.21. The molecule has 0 fully saturated rings. The Bertz CT molecular complexity index is 381. The molecule has 1 aromatic rings. The van der Waals surface area contributed by atoms with Crippen molar-refractivity contribution in [3.8, 4) is 0 Å². The third kappa shape index (κ3) is 5.49. The summed E-state index contributed by atoms with van der Waals surface area (Å²) in [7, 11) is 1.97. The maximum atomic E-state index is 4.64. The van der Waals surface area contributed by atoms with E-state index in [1.54, 1.807) is 0 Å². The number of anilines is 1. The molecule has 0 aromatic carbocycles. The predicted molar refractivity (Wildman–Crippen MR) is 86.6 cm³/mol. The average Bonchev–Trinajstić information content (AvgIpc) is 2.27. The highest BCUT2D eigenvalue weighted by Crippen LogP contribution is 2.23. The van der Waals surface area contributed by atoms with Gasteiger partial charge in [0.1, 0.15) is 5.82 Å². The number of halogens is 1. The second-order valence-corrected chi connectivity index (χ2v) is 6.77. The largest absolute Gasteiger partial charge is 0.356 e. The molecule has 0 aliphatic carbocycles. The van der Waals surface area contributed by atoms with E-state index in [1.807, 2.05) is 13.2 Å². The SMILES string of the molecule is CNCc1cc(Br)cnc1N(CC(C)C)CC(C)C. The fraction of sp³-hybridized carbons (Fsp3) is 0.667. The van der Waals surface area contributed by atoms with Gasteiger partial charge in [0.15, 0.2) is 0 Å². The van der Waals surface area contributed by atoms with Gasteiger partial charge in [0, 0.05) is 35.9 Å². The molecule has 0 saturated heterocycles. The van der Waals surface area contributed by atoms with Gasteiger partial charge >= 0.3 is 0 Å². The molecular formula is C15H26BrN3. The summed E-state index contributed by atoms with van der Waals surface area (Å²) in [4.78, 5) is 7.05. The highest BCUT2D eigenvalue weighted by Gasteiger charge is 2.15. The van der Waals surface area contributed by atoms with Crippen molar-refractivity contribution in [3.63, 3.8) is 0 Å². The Hall–Kier alpha value is -0.610. The van der Waals surface area contributed by atoms with Crippen molar-refractivity contribution in [3.05, 3.63) is 22.3 Å². The van der Waals surface area contributed by atoms with Crippen molar-refractivity contribution < 1.29 is 0 Å². The molecule has 19 heavy (non-hydrogen) atoms. The summed E-state index contributed by atoms with van der Waals surface area (Å²) < 4.78 is 1.04. The second kappa shape index (κ2) is 7.85. The van der Waals surface area contributed by atoms with Gasteiger partial charge in [-0.3, -0.25) is 0 Å². The molecule has 1 N–H and O–H groups in total. The van der Waals surface area contributed by atoms with Crippen LogP contribution >= 0.6 is 15.9 Å². The molecule has 1 rings (SSSR count). The first-order valence-electron chi connectivity index (χ1n) is 6.98. The minimum Gasteiger partial charge on any atom is -0.356 e. The molecule has 3 nitrogen and oxygen atoms in total. The molecule has 0 aliphatic heterocycles. The lowest BCUT2D eigenvalue weighted by Gasteiger charge is -2.29. The Morgan fingerprint density at radius 2 is 1.79 bits per heavy atom. The Morgan fingerprint density at radius 1 is 1.21 bits per heavy atom. The van der Waals surface area contributed by atoms with Gasteiger partial charge in [-0.25, -0.2) is 4.98 Å². The molecule has 0 amide bonds. The highest BCUT2D eigenvalue weighted by atomic mass is 79.9. The summed E-state index contributed by atoms with van der Waals surface area (Å²) in [6.07, 6.45) is 1.89. The van der Waals surface area contributed by atoms with Crippen molar-refractivity contribution in [2.75, 3.05) is 25.0 Å². The normalized spacial score (nSPS) is 11.4. The number of nitrogens with zero attached hydrogens (tertiary/aromatic N) is 2. The van der Waals surface area contributed by atoms with Gasteiger partial charge in [0.25, 0.3) is 0 Å². The van der Waals surface area contributed by atoms with Crippen LogP contribution in [0.4, 0.5) is 5.82 Å². The summed E-state index contributed by atoms with van der Waals surface area (Å²) >= 11 is 3.51. The Balaban J connectivity index is 3.05.